The van der Waals surface area contributed by atoms with Crippen molar-refractivity contribution < 1.29 is 0 Å². The fraction of sp³-hybridized carbons (Fsp3) is 0.619. The van der Waals surface area contributed by atoms with E-state index >= 15 is 0 Å². The fourth-order valence-electron chi connectivity index (χ4n) is 6.21. The molecule has 4 fully saturated rings. The van der Waals surface area contributed by atoms with E-state index in [1.807, 2.05) is 0 Å². The van der Waals surface area contributed by atoms with E-state index in [0.717, 1.165) is 42.8 Å². The Morgan fingerprint density at radius 2 is 1.70 bits per heavy atom. The third-order valence-corrected chi connectivity index (χ3v) is 6.97. The number of benzene rings is 1. The molecule has 0 unspecified atom stereocenters. The van der Waals surface area contributed by atoms with Crippen molar-refractivity contribution in [1.82, 2.24) is 9.88 Å². The summed E-state index contributed by atoms with van der Waals surface area (Å²) in [4.78, 5) is 0. The lowest BCUT2D eigenvalue weighted by Gasteiger charge is -2.54. The van der Waals surface area contributed by atoms with Gasteiger partial charge in [0.25, 0.3) is 0 Å². The topological polar surface area (TPSA) is 17.0 Å². The smallest absolute Gasteiger partial charge is 0.0483 e. The molecule has 4 aliphatic carbocycles. The van der Waals surface area contributed by atoms with Crippen LogP contribution in [0.1, 0.15) is 44.6 Å². The zero-order valence-corrected chi connectivity index (χ0v) is 14.2. The molecule has 4 aliphatic rings. The summed E-state index contributed by atoms with van der Waals surface area (Å²) in [5.41, 5.74) is 2.87. The molecule has 0 spiro atoms. The molecule has 2 aromatic rings. The van der Waals surface area contributed by atoms with Gasteiger partial charge in [0.15, 0.2) is 0 Å². The Kier molecular flexibility index (Phi) is 3.29. The summed E-state index contributed by atoms with van der Waals surface area (Å²) >= 11 is 0. The van der Waals surface area contributed by atoms with Crippen molar-refractivity contribution in [1.29, 1.82) is 0 Å². The van der Waals surface area contributed by atoms with Crippen LogP contribution in [0.3, 0.4) is 0 Å². The standard InChI is InChI=1S/C21H28N2/c1-2-23-13-18(19-5-3-4-6-20(19)23)12-22-21-16-8-14-7-15(10-16)11-17(21)9-14/h3-6,13-17,21-22H,2,7-12H2,1H3. The van der Waals surface area contributed by atoms with Crippen LogP contribution < -0.4 is 5.32 Å². The maximum atomic E-state index is 4.00. The van der Waals surface area contributed by atoms with Crippen LogP contribution in [-0.2, 0) is 13.1 Å². The second kappa shape index (κ2) is 5.37. The van der Waals surface area contributed by atoms with Crippen molar-refractivity contribution in [3.63, 3.8) is 0 Å². The SMILES string of the molecule is CCn1cc(CNC2C3CC4CC(C3)CC2C4)c2ccccc21. The Hall–Kier alpha value is -1.28. The van der Waals surface area contributed by atoms with E-state index in [9.17, 15) is 0 Å². The van der Waals surface area contributed by atoms with Crippen molar-refractivity contribution in [2.24, 2.45) is 23.7 Å². The van der Waals surface area contributed by atoms with E-state index in [-0.39, 0.29) is 0 Å². The van der Waals surface area contributed by atoms with Gasteiger partial charge >= 0.3 is 0 Å². The van der Waals surface area contributed by atoms with Gasteiger partial charge < -0.3 is 9.88 Å². The molecule has 4 bridgehead atoms. The largest absolute Gasteiger partial charge is 0.347 e. The van der Waals surface area contributed by atoms with E-state index in [1.54, 1.807) is 6.42 Å². The summed E-state index contributed by atoms with van der Waals surface area (Å²) in [6.07, 6.45) is 9.92. The number of rotatable bonds is 4. The first-order valence-electron chi connectivity index (χ1n) is 9.62. The van der Waals surface area contributed by atoms with Crippen LogP contribution >= 0.6 is 0 Å². The fourth-order valence-corrected chi connectivity index (χ4v) is 6.21. The summed E-state index contributed by atoms with van der Waals surface area (Å²) in [6, 6.07) is 9.66. The lowest BCUT2D eigenvalue weighted by molar-refractivity contribution is -0.0142. The van der Waals surface area contributed by atoms with Crippen LogP contribution in [0.25, 0.3) is 10.9 Å². The summed E-state index contributed by atoms with van der Waals surface area (Å²) in [5.74, 6) is 4.06. The Bertz CT molecular complexity index is 686. The molecule has 1 N–H and O–H groups in total. The minimum Gasteiger partial charge on any atom is -0.347 e. The van der Waals surface area contributed by atoms with Gasteiger partial charge in [-0.05, 0) is 74.3 Å². The van der Waals surface area contributed by atoms with Crippen LogP contribution in [0.15, 0.2) is 30.5 Å². The lowest BCUT2D eigenvalue weighted by atomic mass is 9.54. The van der Waals surface area contributed by atoms with Gasteiger partial charge in [0.05, 0.1) is 0 Å². The highest BCUT2D eigenvalue weighted by Crippen LogP contribution is 2.53. The second-order valence-electron chi connectivity index (χ2n) is 8.29. The minimum atomic E-state index is 0.784. The van der Waals surface area contributed by atoms with Crippen LogP contribution in [0.2, 0.25) is 0 Å². The molecule has 4 saturated carbocycles. The van der Waals surface area contributed by atoms with Crippen molar-refractivity contribution >= 4 is 10.9 Å². The zero-order chi connectivity index (χ0) is 15.4. The number of nitrogens with one attached hydrogen (secondary N) is 1. The van der Waals surface area contributed by atoms with Gasteiger partial charge in [0.1, 0.15) is 0 Å². The summed E-state index contributed by atoms with van der Waals surface area (Å²) < 4.78 is 2.39. The molecule has 2 nitrogen and oxygen atoms in total. The molecule has 6 rings (SSSR count). The van der Waals surface area contributed by atoms with E-state index in [1.165, 1.54) is 42.1 Å². The maximum absolute atomic E-state index is 4.00. The maximum Gasteiger partial charge on any atom is 0.0483 e. The van der Waals surface area contributed by atoms with Crippen LogP contribution in [0, 0.1) is 23.7 Å². The summed E-state index contributed by atoms with van der Waals surface area (Å²) in [5, 5.41) is 5.43. The molecule has 1 heterocycles. The molecular formula is C21H28N2. The Labute approximate surface area is 139 Å². The predicted octanol–water partition coefficient (Wildman–Crippen LogP) is 4.58. The molecule has 0 aliphatic heterocycles. The first-order valence-corrected chi connectivity index (χ1v) is 9.62. The summed E-state index contributed by atoms with van der Waals surface area (Å²) in [7, 11) is 0. The highest BCUT2D eigenvalue weighted by molar-refractivity contribution is 5.83. The van der Waals surface area contributed by atoms with Crippen LogP contribution in [-0.4, -0.2) is 10.6 Å². The number of nitrogens with zero attached hydrogens (tertiary/aromatic N) is 1. The number of para-hydroxylation sites is 1. The van der Waals surface area contributed by atoms with Gasteiger partial charge in [-0.25, -0.2) is 0 Å². The second-order valence-corrected chi connectivity index (χ2v) is 8.29. The normalized spacial score (nSPS) is 35.3. The first-order chi connectivity index (χ1) is 11.3. The number of hydrogen-bond acceptors (Lipinski definition) is 1. The van der Waals surface area contributed by atoms with Crippen molar-refractivity contribution in [2.45, 2.75) is 58.2 Å². The average Bonchev–Trinajstić information content (AvgIpc) is 2.92. The quantitative estimate of drug-likeness (QED) is 0.875. The van der Waals surface area contributed by atoms with Crippen molar-refractivity contribution in [3.8, 4) is 0 Å². The van der Waals surface area contributed by atoms with Gasteiger partial charge in [0.2, 0.25) is 0 Å². The van der Waals surface area contributed by atoms with Crippen LogP contribution in [0.5, 0.6) is 0 Å². The molecule has 0 atom stereocenters. The van der Waals surface area contributed by atoms with Gasteiger partial charge in [-0.3, -0.25) is 0 Å². The number of hydrogen-bond donors (Lipinski definition) is 1. The zero-order valence-electron chi connectivity index (χ0n) is 14.2. The molecule has 0 radical (unpaired) electrons. The Balaban J connectivity index is 1.37. The minimum absolute atomic E-state index is 0.784. The average molecular weight is 308 g/mol. The monoisotopic (exact) mass is 308 g/mol. The van der Waals surface area contributed by atoms with Gasteiger partial charge in [-0.15, -0.1) is 0 Å². The van der Waals surface area contributed by atoms with E-state index < -0.39 is 0 Å². The Morgan fingerprint density at radius 3 is 2.39 bits per heavy atom. The highest BCUT2D eigenvalue weighted by Gasteiger charge is 2.47. The lowest BCUT2D eigenvalue weighted by Crippen LogP contribution is -2.54. The van der Waals surface area contributed by atoms with Crippen molar-refractivity contribution in [3.05, 3.63) is 36.0 Å². The number of fused-ring (bicyclic) bond motifs is 1. The van der Waals surface area contributed by atoms with Gasteiger partial charge in [0, 0.05) is 36.2 Å². The van der Waals surface area contributed by atoms with Gasteiger partial charge in [-0.2, -0.15) is 0 Å². The molecule has 1 aromatic heterocycles. The first kappa shape index (κ1) is 14.1. The molecule has 122 valence electrons. The van der Waals surface area contributed by atoms with E-state index in [0.29, 0.717) is 0 Å². The molecule has 0 amide bonds. The molecule has 23 heavy (non-hydrogen) atoms. The highest BCUT2D eigenvalue weighted by atomic mass is 15.0. The van der Waals surface area contributed by atoms with Gasteiger partial charge in [-0.1, -0.05) is 18.2 Å². The molecule has 1 aromatic carbocycles. The third kappa shape index (κ3) is 2.26. The Morgan fingerprint density at radius 1 is 1.00 bits per heavy atom. The van der Waals surface area contributed by atoms with Crippen LogP contribution in [0.4, 0.5) is 0 Å². The van der Waals surface area contributed by atoms with E-state index in [4.69, 9.17) is 0 Å². The summed E-state index contributed by atoms with van der Waals surface area (Å²) in [6.45, 7) is 4.33. The molecule has 0 saturated heterocycles. The molecular weight excluding hydrogens is 280 g/mol. The third-order valence-electron chi connectivity index (χ3n) is 6.97. The van der Waals surface area contributed by atoms with E-state index in [2.05, 4.69) is 47.3 Å². The predicted molar refractivity (Wildman–Crippen MR) is 95.3 cm³/mol. The molecule has 2 heteroatoms. The van der Waals surface area contributed by atoms with Crippen molar-refractivity contribution in [2.75, 3.05) is 0 Å². The number of aromatic nitrogens is 1. The number of aryl methyl sites for hydroxylation is 1.